The molecule has 0 amide bonds. The molecule has 1 aliphatic carbocycles. The lowest BCUT2D eigenvalue weighted by Crippen LogP contribution is -2.01. The van der Waals surface area contributed by atoms with Gasteiger partial charge in [0.15, 0.2) is 0 Å². The van der Waals surface area contributed by atoms with E-state index in [4.69, 9.17) is 0 Å². The molecule has 86 valence electrons. The van der Waals surface area contributed by atoms with E-state index in [0.29, 0.717) is 0 Å². The summed E-state index contributed by atoms with van der Waals surface area (Å²) in [6, 6.07) is 7.02. The Kier molecular flexibility index (Phi) is 3.33. The molecule has 0 fully saturated rings. The average molecular weight is 215 g/mol. The number of fused-ring (bicyclic) bond motifs is 1. The maximum absolute atomic E-state index is 2.35. The molecular weight excluding hydrogens is 194 g/mol. The molecule has 1 nitrogen and oxygen atoms in total. The highest BCUT2D eigenvalue weighted by Crippen LogP contribution is 2.28. The van der Waals surface area contributed by atoms with E-state index in [2.05, 4.69) is 49.9 Å². The van der Waals surface area contributed by atoms with Crippen molar-refractivity contribution in [2.75, 3.05) is 0 Å². The van der Waals surface area contributed by atoms with Crippen LogP contribution < -0.4 is 0 Å². The molecule has 1 heteroatoms. The van der Waals surface area contributed by atoms with Crippen LogP contribution in [0.5, 0.6) is 0 Å². The van der Waals surface area contributed by atoms with Gasteiger partial charge in [0.2, 0.25) is 0 Å². The largest absolute Gasteiger partial charge is 0.354 e. The number of nitrogens with zero attached hydrogens (tertiary/aromatic N) is 1. The van der Waals surface area contributed by atoms with E-state index >= 15 is 0 Å². The third kappa shape index (κ3) is 2.13. The van der Waals surface area contributed by atoms with Gasteiger partial charge in [-0.15, -0.1) is 0 Å². The molecule has 0 aromatic carbocycles. The van der Waals surface area contributed by atoms with Gasteiger partial charge >= 0.3 is 0 Å². The molecule has 0 unspecified atom stereocenters. The zero-order chi connectivity index (χ0) is 11.5. The molecule has 0 saturated carbocycles. The molecule has 1 heterocycles. The van der Waals surface area contributed by atoms with Crippen molar-refractivity contribution in [3.05, 3.63) is 35.7 Å². The lowest BCUT2D eigenvalue weighted by Gasteiger charge is -2.11. The number of hydrogen-bond acceptors (Lipinski definition) is 0. The lowest BCUT2D eigenvalue weighted by atomic mass is 10.1. The van der Waals surface area contributed by atoms with Crippen LogP contribution in [-0.4, -0.2) is 4.57 Å². The first kappa shape index (κ1) is 11.3. The Labute approximate surface area is 98.4 Å². The Morgan fingerprint density at radius 2 is 1.62 bits per heavy atom. The Bertz CT molecular complexity index is 439. The predicted octanol–water partition coefficient (Wildman–Crippen LogP) is 4.03. The van der Waals surface area contributed by atoms with Crippen LogP contribution in [-0.2, 0) is 19.9 Å². The summed E-state index contributed by atoms with van der Waals surface area (Å²) in [5.41, 5.74) is 5.70. The minimum Gasteiger partial charge on any atom is -0.354 e. The smallest absolute Gasteiger partial charge is 0.0177 e. The van der Waals surface area contributed by atoms with Gasteiger partial charge in [-0.1, -0.05) is 32.8 Å². The van der Waals surface area contributed by atoms with Crippen LogP contribution in [0.25, 0.3) is 11.1 Å². The highest BCUT2D eigenvalue weighted by molar-refractivity contribution is 5.68. The number of rotatable bonds is 4. The van der Waals surface area contributed by atoms with Crippen molar-refractivity contribution in [1.82, 2.24) is 4.57 Å². The molecule has 0 spiro atoms. The Hall–Kier alpha value is -1.24. The maximum Gasteiger partial charge on any atom is 0.0177 e. The van der Waals surface area contributed by atoms with Gasteiger partial charge in [-0.25, -0.2) is 0 Å². The van der Waals surface area contributed by atoms with Gasteiger partial charge in [0.1, 0.15) is 0 Å². The fraction of sp³-hybridized carbons (Fsp3) is 0.467. The van der Waals surface area contributed by atoms with E-state index in [9.17, 15) is 0 Å². The fourth-order valence-electron chi connectivity index (χ4n) is 2.36. The molecule has 0 atom stereocenters. The highest BCUT2D eigenvalue weighted by atomic mass is 14.9. The topological polar surface area (TPSA) is 4.93 Å². The molecule has 1 aliphatic heterocycles. The van der Waals surface area contributed by atoms with Crippen molar-refractivity contribution in [3.63, 3.8) is 0 Å². The number of aryl methyl sites for hydroxylation is 3. The molecule has 0 bridgehead atoms. The minimum atomic E-state index is 1.17. The lowest BCUT2D eigenvalue weighted by molar-refractivity contribution is 0.770. The van der Waals surface area contributed by atoms with Crippen LogP contribution in [0.4, 0.5) is 0 Å². The van der Waals surface area contributed by atoms with Crippen LogP contribution >= 0.6 is 0 Å². The molecule has 2 rings (SSSR count). The van der Waals surface area contributed by atoms with Crippen molar-refractivity contribution < 1.29 is 0 Å². The summed E-state index contributed by atoms with van der Waals surface area (Å²) in [5, 5.41) is 0. The van der Waals surface area contributed by atoms with Crippen molar-refractivity contribution >= 4 is 0 Å². The average Bonchev–Trinajstić information content (AvgIpc) is 2.61. The second kappa shape index (κ2) is 4.73. The van der Waals surface area contributed by atoms with Crippen LogP contribution in [0.2, 0.25) is 0 Å². The van der Waals surface area contributed by atoms with Crippen LogP contribution in [0, 0.1) is 0 Å². The first-order valence-electron chi connectivity index (χ1n) is 6.32. The maximum atomic E-state index is 2.35. The molecule has 0 saturated heterocycles. The number of hydrogen-bond donors (Lipinski definition) is 0. The zero-order valence-corrected chi connectivity index (χ0v) is 10.6. The molecule has 0 aromatic rings. The zero-order valence-electron chi connectivity index (χ0n) is 10.6. The second-order valence-corrected chi connectivity index (χ2v) is 4.65. The first-order valence-corrected chi connectivity index (χ1v) is 6.32. The van der Waals surface area contributed by atoms with E-state index in [1.54, 1.807) is 0 Å². The quantitative estimate of drug-likeness (QED) is 0.725. The summed E-state index contributed by atoms with van der Waals surface area (Å²) in [7, 11) is 2.15. The van der Waals surface area contributed by atoms with Crippen molar-refractivity contribution in [1.29, 1.82) is 0 Å². The van der Waals surface area contributed by atoms with Crippen molar-refractivity contribution in [2.45, 2.75) is 39.5 Å². The van der Waals surface area contributed by atoms with Gasteiger partial charge in [0.05, 0.1) is 0 Å². The summed E-state index contributed by atoms with van der Waals surface area (Å²) >= 11 is 0. The van der Waals surface area contributed by atoms with Gasteiger partial charge in [0, 0.05) is 18.9 Å². The van der Waals surface area contributed by atoms with E-state index in [-0.39, 0.29) is 0 Å². The summed E-state index contributed by atoms with van der Waals surface area (Å²) in [4.78, 5) is 0. The van der Waals surface area contributed by atoms with Crippen LogP contribution in [0.15, 0.2) is 24.4 Å². The third-order valence-corrected chi connectivity index (χ3v) is 3.17. The molecule has 0 radical (unpaired) electrons. The fourth-order valence-corrected chi connectivity index (χ4v) is 2.36. The number of aromatic nitrogens is 1. The van der Waals surface area contributed by atoms with Gasteiger partial charge in [0.25, 0.3) is 0 Å². The van der Waals surface area contributed by atoms with E-state index < -0.39 is 0 Å². The predicted molar refractivity (Wildman–Crippen MR) is 70.0 cm³/mol. The monoisotopic (exact) mass is 215 g/mol. The number of pyridine rings is 1. The normalized spacial score (nSPS) is 11.2. The molecule has 0 N–H and O–H groups in total. The van der Waals surface area contributed by atoms with E-state index in [1.165, 1.54) is 48.1 Å². The molecule has 0 aromatic heterocycles. The SMILES string of the molecule is CCCc1cc2cc(CCC)n(C)cc-2c1. The van der Waals surface area contributed by atoms with Gasteiger partial charge in [-0.05, 0) is 41.7 Å². The van der Waals surface area contributed by atoms with Gasteiger partial charge < -0.3 is 4.57 Å². The summed E-state index contributed by atoms with van der Waals surface area (Å²) in [5.74, 6) is 0. The van der Waals surface area contributed by atoms with Gasteiger partial charge in [-0.2, -0.15) is 0 Å². The highest BCUT2D eigenvalue weighted by Gasteiger charge is 2.08. The van der Waals surface area contributed by atoms with Crippen molar-refractivity contribution in [3.8, 4) is 11.1 Å². The second-order valence-electron chi connectivity index (χ2n) is 4.65. The van der Waals surface area contributed by atoms with E-state index in [0.717, 1.165) is 0 Å². The van der Waals surface area contributed by atoms with Gasteiger partial charge in [-0.3, -0.25) is 0 Å². The standard InChI is InChI=1S/C15H21N/c1-4-6-12-8-13-10-15(7-5-2)16(3)11-14(13)9-12/h8-11H,4-7H2,1-3H3. The Balaban J connectivity index is 2.41. The molecule has 2 aliphatic rings. The molecular formula is C15H21N. The summed E-state index contributed by atoms with van der Waals surface area (Å²) in [6.45, 7) is 4.47. The van der Waals surface area contributed by atoms with E-state index in [1.807, 2.05) is 0 Å². The first-order chi connectivity index (χ1) is 7.74. The summed E-state index contributed by atoms with van der Waals surface area (Å²) in [6.07, 6.45) is 7.06. The van der Waals surface area contributed by atoms with Crippen molar-refractivity contribution in [2.24, 2.45) is 7.05 Å². The van der Waals surface area contributed by atoms with Crippen LogP contribution in [0.1, 0.15) is 37.9 Å². The summed E-state index contributed by atoms with van der Waals surface area (Å²) < 4.78 is 2.27. The van der Waals surface area contributed by atoms with Crippen LogP contribution in [0.3, 0.4) is 0 Å². The molecule has 16 heavy (non-hydrogen) atoms. The Morgan fingerprint density at radius 3 is 2.31 bits per heavy atom. The third-order valence-electron chi connectivity index (χ3n) is 3.17. The Morgan fingerprint density at radius 1 is 0.938 bits per heavy atom. The minimum absolute atomic E-state index is 1.17.